The topological polar surface area (TPSA) is 58.2 Å². The molecule has 5 heteroatoms. The first-order chi connectivity index (χ1) is 8.97. The first-order valence-corrected chi connectivity index (χ1v) is 8.22. The first kappa shape index (κ1) is 16.1. The van der Waals surface area contributed by atoms with E-state index in [1.54, 1.807) is 12.1 Å². The van der Waals surface area contributed by atoms with E-state index in [0.717, 1.165) is 18.5 Å². The van der Waals surface area contributed by atoms with Gasteiger partial charge in [0.2, 0.25) is 10.0 Å². The molecule has 0 bridgehead atoms. The zero-order valence-corrected chi connectivity index (χ0v) is 12.9. The lowest BCUT2D eigenvalue weighted by Crippen LogP contribution is -2.34. The minimum absolute atomic E-state index is 0.143. The van der Waals surface area contributed by atoms with E-state index in [0.29, 0.717) is 4.90 Å². The van der Waals surface area contributed by atoms with Crippen molar-refractivity contribution in [2.24, 2.45) is 0 Å². The SMILES string of the molecule is CCNC(CC)C(C)c1ccccc1S(=O)(=O)NC. The maximum Gasteiger partial charge on any atom is 0.240 e. The largest absolute Gasteiger partial charge is 0.314 e. The van der Waals surface area contributed by atoms with Crippen molar-refractivity contribution in [3.8, 4) is 0 Å². The summed E-state index contributed by atoms with van der Waals surface area (Å²) in [5.74, 6) is 0.143. The Morgan fingerprint density at radius 3 is 2.37 bits per heavy atom. The standard InChI is InChI=1S/C14H24N2O2S/c1-5-13(16-6-2)11(3)12-9-7-8-10-14(12)19(17,18)15-4/h7-11,13,15-16H,5-6H2,1-4H3. The van der Waals surface area contributed by atoms with Gasteiger partial charge in [0.1, 0.15) is 0 Å². The molecule has 19 heavy (non-hydrogen) atoms. The molecule has 0 aliphatic carbocycles. The lowest BCUT2D eigenvalue weighted by atomic mass is 9.91. The molecule has 0 heterocycles. The van der Waals surface area contributed by atoms with Crippen LogP contribution in [0.4, 0.5) is 0 Å². The van der Waals surface area contributed by atoms with Crippen molar-refractivity contribution in [2.45, 2.75) is 44.0 Å². The van der Waals surface area contributed by atoms with Crippen LogP contribution in [0.2, 0.25) is 0 Å². The number of benzene rings is 1. The Bertz CT molecular complexity index is 500. The maximum atomic E-state index is 12.1. The van der Waals surface area contributed by atoms with Crippen LogP contribution in [0.1, 0.15) is 38.7 Å². The lowest BCUT2D eigenvalue weighted by Gasteiger charge is -2.25. The van der Waals surface area contributed by atoms with Crippen LogP contribution in [0.25, 0.3) is 0 Å². The maximum absolute atomic E-state index is 12.1. The highest BCUT2D eigenvalue weighted by molar-refractivity contribution is 7.89. The van der Waals surface area contributed by atoms with Crippen molar-refractivity contribution in [3.05, 3.63) is 29.8 Å². The molecule has 1 aromatic carbocycles. The van der Waals surface area contributed by atoms with E-state index in [-0.39, 0.29) is 12.0 Å². The molecule has 0 radical (unpaired) electrons. The second-order valence-electron chi connectivity index (χ2n) is 4.61. The van der Waals surface area contributed by atoms with Gasteiger partial charge in [-0.1, -0.05) is 39.0 Å². The average Bonchev–Trinajstić information content (AvgIpc) is 2.44. The Labute approximate surface area is 116 Å². The molecule has 108 valence electrons. The molecule has 2 unspecified atom stereocenters. The number of hydrogen-bond acceptors (Lipinski definition) is 3. The summed E-state index contributed by atoms with van der Waals surface area (Å²) in [5.41, 5.74) is 0.865. The molecule has 0 saturated carbocycles. The van der Waals surface area contributed by atoms with E-state index >= 15 is 0 Å². The molecular formula is C14H24N2O2S. The summed E-state index contributed by atoms with van der Waals surface area (Å²) >= 11 is 0. The number of nitrogens with one attached hydrogen (secondary N) is 2. The smallest absolute Gasteiger partial charge is 0.240 e. The van der Waals surface area contributed by atoms with Gasteiger partial charge in [0.05, 0.1) is 4.90 Å². The second-order valence-corrected chi connectivity index (χ2v) is 6.46. The molecular weight excluding hydrogens is 260 g/mol. The fourth-order valence-corrected chi connectivity index (χ4v) is 3.41. The Kier molecular flexibility index (Phi) is 5.97. The summed E-state index contributed by atoms with van der Waals surface area (Å²) in [6.07, 6.45) is 0.961. The summed E-state index contributed by atoms with van der Waals surface area (Å²) < 4.78 is 26.5. The van der Waals surface area contributed by atoms with Gasteiger partial charge in [0, 0.05) is 6.04 Å². The third-order valence-electron chi connectivity index (χ3n) is 3.48. The van der Waals surface area contributed by atoms with E-state index in [2.05, 4.69) is 30.8 Å². The summed E-state index contributed by atoms with van der Waals surface area (Å²) in [7, 11) is -1.97. The van der Waals surface area contributed by atoms with Gasteiger partial charge in [0.15, 0.2) is 0 Å². The van der Waals surface area contributed by atoms with Gasteiger partial charge in [-0.2, -0.15) is 0 Å². The van der Waals surface area contributed by atoms with E-state index in [4.69, 9.17) is 0 Å². The molecule has 4 nitrogen and oxygen atoms in total. The molecule has 0 fully saturated rings. The number of hydrogen-bond donors (Lipinski definition) is 2. The monoisotopic (exact) mass is 284 g/mol. The van der Waals surface area contributed by atoms with Crippen molar-refractivity contribution in [1.82, 2.24) is 10.0 Å². The van der Waals surface area contributed by atoms with Gasteiger partial charge >= 0.3 is 0 Å². The van der Waals surface area contributed by atoms with Crippen LogP contribution in [0.15, 0.2) is 29.2 Å². The molecule has 0 aliphatic rings. The highest BCUT2D eigenvalue weighted by atomic mass is 32.2. The first-order valence-electron chi connectivity index (χ1n) is 6.73. The molecule has 0 aromatic heterocycles. The van der Waals surface area contributed by atoms with Gasteiger partial charge in [-0.25, -0.2) is 13.1 Å². The van der Waals surface area contributed by atoms with Crippen molar-refractivity contribution in [2.75, 3.05) is 13.6 Å². The predicted octanol–water partition coefficient (Wildman–Crippen LogP) is 2.09. The second kappa shape index (κ2) is 7.03. The zero-order valence-electron chi connectivity index (χ0n) is 12.1. The van der Waals surface area contributed by atoms with E-state index < -0.39 is 10.0 Å². The quantitative estimate of drug-likeness (QED) is 0.806. The Morgan fingerprint density at radius 1 is 1.21 bits per heavy atom. The summed E-state index contributed by atoms with van der Waals surface area (Å²) in [6.45, 7) is 7.12. The normalized spacial score (nSPS) is 15.2. The molecule has 1 rings (SSSR count). The van der Waals surface area contributed by atoms with Gasteiger partial charge in [-0.3, -0.25) is 0 Å². The van der Waals surface area contributed by atoms with Crippen molar-refractivity contribution in [3.63, 3.8) is 0 Å². The van der Waals surface area contributed by atoms with Crippen molar-refractivity contribution < 1.29 is 8.42 Å². The molecule has 0 amide bonds. The van der Waals surface area contributed by atoms with E-state index in [1.807, 2.05) is 12.1 Å². The third kappa shape index (κ3) is 3.78. The summed E-state index contributed by atoms with van der Waals surface area (Å²) in [4.78, 5) is 0.376. The molecule has 0 aliphatic heterocycles. The summed E-state index contributed by atoms with van der Waals surface area (Å²) in [6, 6.07) is 7.48. The molecule has 0 spiro atoms. The van der Waals surface area contributed by atoms with Crippen LogP contribution >= 0.6 is 0 Å². The van der Waals surface area contributed by atoms with Crippen molar-refractivity contribution >= 4 is 10.0 Å². The molecule has 1 aromatic rings. The van der Waals surface area contributed by atoms with Crippen LogP contribution in [-0.4, -0.2) is 28.1 Å². The Balaban J connectivity index is 3.20. The van der Waals surface area contributed by atoms with Gasteiger partial charge in [-0.05, 0) is 37.6 Å². The van der Waals surface area contributed by atoms with Crippen molar-refractivity contribution in [1.29, 1.82) is 0 Å². The lowest BCUT2D eigenvalue weighted by molar-refractivity contribution is 0.444. The molecule has 2 N–H and O–H groups in total. The van der Waals surface area contributed by atoms with Crippen LogP contribution < -0.4 is 10.0 Å². The predicted molar refractivity (Wildman–Crippen MR) is 78.9 cm³/mol. The number of rotatable bonds is 7. The number of likely N-dealkylation sites (N-methyl/N-ethyl adjacent to an activating group) is 1. The average molecular weight is 284 g/mol. The van der Waals surface area contributed by atoms with Crippen LogP contribution in [0.3, 0.4) is 0 Å². The zero-order chi connectivity index (χ0) is 14.5. The fourth-order valence-electron chi connectivity index (χ4n) is 2.36. The number of sulfonamides is 1. The minimum Gasteiger partial charge on any atom is -0.314 e. The van der Waals surface area contributed by atoms with E-state index in [9.17, 15) is 8.42 Å². The van der Waals surface area contributed by atoms with Crippen LogP contribution in [-0.2, 0) is 10.0 Å². The Hall–Kier alpha value is -0.910. The third-order valence-corrected chi connectivity index (χ3v) is 4.97. The van der Waals surface area contributed by atoms with Gasteiger partial charge in [0.25, 0.3) is 0 Å². The minimum atomic E-state index is -3.41. The Morgan fingerprint density at radius 2 is 1.84 bits per heavy atom. The van der Waals surface area contributed by atoms with Gasteiger partial charge < -0.3 is 5.32 Å². The van der Waals surface area contributed by atoms with E-state index in [1.165, 1.54) is 7.05 Å². The summed E-state index contributed by atoms with van der Waals surface area (Å²) in [5, 5.41) is 3.41. The molecule has 2 atom stereocenters. The fraction of sp³-hybridized carbons (Fsp3) is 0.571. The highest BCUT2D eigenvalue weighted by Gasteiger charge is 2.23. The highest BCUT2D eigenvalue weighted by Crippen LogP contribution is 2.27. The van der Waals surface area contributed by atoms with Crippen LogP contribution in [0.5, 0.6) is 0 Å². The van der Waals surface area contributed by atoms with Crippen LogP contribution in [0, 0.1) is 0 Å². The van der Waals surface area contributed by atoms with Gasteiger partial charge in [-0.15, -0.1) is 0 Å². The molecule has 0 saturated heterocycles.